The number of piperidine rings is 1. The van der Waals surface area contributed by atoms with Crippen molar-refractivity contribution in [3.8, 4) is 0 Å². The predicted octanol–water partition coefficient (Wildman–Crippen LogP) is 2.43. The number of benzene rings is 1. The van der Waals surface area contributed by atoms with Gasteiger partial charge in [-0.1, -0.05) is 18.2 Å². The average Bonchev–Trinajstić information content (AvgIpc) is 2.83. The number of nitrogens with two attached hydrogens (primary N) is 1. The minimum Gasteiger partial charge on any atom is -0.369 e. The van der Waals surface area contributed by atoms with Gasteiger partial charge in [-0.15, -0.1) is 0 Å². The number of imidazole rings is 1. The largest absolute Gasteiger partial charge is 0.369 e. The number of pyridine rings is 1. The van der Waals surface area contributed by atoms with Gasteiger partial charge in [0.15, 0.2) is 0 Å². The summed E-state index contributed by atoms with van der Waals surface area (Å²) in [5.41, 5.74) is 9.23. The number of anilines is 1. The van der Waals surface area contributed by atoms with Crippen LogP contribution in [-0.2, 0) is 0 Å². The van der Waals surface area contributed by atoms with Crippen molar-refractivity contribution in [1.82, 2.24) is 19.4 Å². The molecule has 1 fully saturated rings. The van der Waals surface area contributed by atoms with Crippen molar-refractivity contribution in [2.45, 2.75) is 18.9 Å². The van der Waals surface area contributed by atoms with Gasteiger partial charge in [0.25, 0.3) is 0 Å². The van der Waals surface area contributed by atoms with Crippen molar-refractivity contribution in [1.29, 1.82) is 0 Å². The molecule has 0 amide bonds. The van der Waals surface area contributed by atoms with Crippen LogP contribution >= 0.6 is 0 Å². The van der Waals surface area contributed by atoms with Gasteiger partial charge >= 0.3 is 0 Å². The number of likely N-dealkylation sites (N-methyl/N-ethyl adjacent to an activating group) is 1. The molecule has 3 aromatic rings. The molecule has 1 unspecified atom stereocenters. The van der Waals surface area contributed by atoms with E-state index in [2.05, 4.69) is 32.5 Å². The summed E-state index contributed by atoms with van der Waals surface area (Å²) in [5.74, 6) is 0.600. The van der Waals surface area contributed by atoms with Gasteiger partial charge in [0.2, 0.25) is 5.95 Å². The summed E-state index contributed by atoms with van der Waals surface area (Å²) in [6.07, 6.45) is 4.18. The molecule has 1 aromatic carbocycles. The Morgan fingerprint density at radius 2 is 2.10 bits per heavy atom. The molecule has 0 radical (unpaired) electrons. The Hall–Kier alpha value is -2.14. The number of aromatic nitrogens is 3. The Labute approximate surface area is 123 Å². The van der Waals surface area contributed by atoms with Crippen LogP contribution in [0, 0.1) is 0 Å². The number of hydrogen-bond acceptors (Lipinski definition) is 4. The standard InChI is InChI=1S/C16H19N5/c1-20-8-4-5-11(10-20)21-15-12-6-2-3-7-13(12)18-9-14(15)19-16(21)17/h2-3,6-7,9,11H,4-5,8,10H2,1H3,(H2,17,19). The Kier molecular flexibility index (Phi) is 2.82. The number of likely N-dealkylation sites (tertiary alicyclic amines) is 1. The second-order valence-corrected chi connectivity index (χ2v) is 5.91. The summed E-state index contributed by atoms with van der Waals surface area (Å²) in [6.45, 7) is 2.18. The number of nitrogen functional groups attached to an aromatic ring is 1. The highest BCUT2D eigenvalue weighted by Gasteiger charge is 2.23. The third-order valence-corrected chi connectivity index (χ3v) is 4.42. The lowest BCUT2D eigenvalue weighted by Gasteiger charge is -2.31. The fourth-order valence-corrected chi connectivity index (χ4v) is 3.46. The van der Waals surface area contributed by atoms with E-state index in [0.29, 0.717) is 12.0 Å². The van der Waals surface area contributed by atoms with Crippen LogP contribution in [0.3, 0.4) is 0 Å². The van der Waals surface area contributed by atoms with Gasteiger partial charge in [-0.05, 0) is 32.5 Å². The lowest BCUT2D eigenvalue weighted by Crippen LogP contribution is -2.34. The van der Waals surface area contributed by atoms with Crippen LogP contribution in [0.4, 0.5) is 5.95 Å². The molecule has 0 saturated carbocycles. The maximum Gasteiger partial charge on any atom is 0.201 e. The van der Waals surface area contributed by atoms with Crippen LogP contribution in [0.5, 0.6) is 0 Å². The Bertz CT molecular complexity index is 807. The summed E-state index contributed by atoms with van der Waals surface area (Å²) in [7, 11) is 2.17. The summed E-state index contributed by atoms with van der Waals surface area (Å²) in [4.78, 5) is 11.4. The molecule has 5 nitrogen and oxygen atoms in total. The first-order valence-corrected chi connectivity index (χ1v) is 7.44. The first-order chi connectivity index (χ1) is 10.2. The van der Waals surface area contributed by atoms with Gasteiger partial charge in [-0.2, -0.15) is 0 Å². The Morgan fingerprint density at radius 3 is 2.95 bits per heavy atom. The van der Waals surface area contributed by atoms with Crippen LogP contribution in [0.15, 0.2) is 30.5 Å². The van der Waals surface area contributed by atoms with E-state index < -0.39 is 0 Å². The van der Waals surface area contributed by atoms with Crippen LogP contribution in [0.2, 0.25) is 0 Å². The van der Waals surface area contributed by atoms with Gasteiger partial charge in [-0.25, -0.2) is 4.98 Å². The molecule has 108 valence electrons. The van der Waals surface area contributed by atoms with Crippen molar-refractivity contribution in [3.05, 3.63) is 30.5 Å². The van der Waals surface area contributed by atoms with E-state index in [9.17, 15) is 0 Å². The third kappa shape index (κ3) is 1.96. The van der Waals surface area contributed by atoms with Crippen molar-refractivity contribution in [2.24, 2.45) is 0 Å². The summed E-state index contributed by atoms with van der Waals surface area (Å²) < 4.78 is 2.22. The van der Waals surface area contributed by atoms with Crippen LogP contribution in [0.1, 0.15) is 18.9 Å². The topological polar surface area (TPSA) is 60.0 Å². The molecule has 21 heavy (non-hydrogen) atoms. The fraction of sp³-hybridized carbons (Fsp3) is 0.375. The van der Waals surface area contributed by atoms with Crippen molar-refractivity contribution >= 4 is 27.9 Å². The molecule has 4 rings (SSSR count). The van der Waals surface area contributed by atoms with Crippen LogP contribution < -0.4 is 5.73 Å². The normalized spacial score (nSPS) is 20.3. The highest BCUT2D eigenvalue weighted by atomic mass is 15.2. The molecular formula is C16H19N5. The number of para-hydroxylation sites is 1. The molecule has 1 atom stereocenters. The smallest absolute Gasteiger partial charge is 0.201 e. The molecule has 2 aromatic heterocycles. The van der Waals surface area contributed by atoms with Crippen LogP contribution in [-0.4, -0.2) is 39.6 Å². The van der Waals surface area contributed by atoms with Crippen molar-refractivity contribution < 1.29 is 0 Å². The first-order valence-electron chi connectivity index (χ1n) is 7.44. The number of hydrogen-bond donors (Lipinski definition) is 1. The molecule has 0 bridgehead atoms. The zero-order valence-electron chi connectivity index (χ0n) is 12.2. The highest BCUT2D eigenvalue weighted by molar-refractivity contribution is 6.03. The lowest BCUT2D eigenvalue weighted by atomic mass is 10.1. The minimum atomic E-state index is 0.388. The van der Waals surface area contributed by atoms with E-state index >= 15 is 0 Å². The van der Waals surface area contributed by atoms with Gasteiger partial charge in [0.1, 0.15) is 5.52 Å². The highest BCUT2D eigenvalue weighted by Crippen LogP contribution is 2.32. The van der Waals surface area contributed by atoms with Crippen molar-refractivity contribution in [3.63, 3.8) is 0 Å². The van der Waals surface area contributed by atoms with Crippen molar-refractivity contribution in [2.75, 3.05) is 25.9 Å². The monoisotopic (exact) mass is 281 g/mol. The first kappa shape index (κ1) is 12.6. The number of nitrogens with zero attached hydrogens (tertiary/aromatic N) is 4. The summed E-state index contributed by atoms with van der Waals surface area (Å²) >= 11 is 0. The van der Waals surface area contributed by atoms with E-state index in [1.807, 2.05) is 24.4 Å². The summed E-state index contributed by atoms with van der Waals surface area (Å²) in [6, 6.07) is 8.59. The third-order valence-electron chi connectivity index (χ3n) is 4.42. The second kappa shape index (κ2) is 4.70. The average molecular weight is 281 g/mol. The summed E-state index contributed by atoms with van der Waals surface area (Å²) in [5, 5.41) is 1.13. The van der Waals surface area contributed by atoms with E-state index in [-0.39, 0.29) is 0 Å². The van der Waals surface area contributed by atoms with E-state index in [4.69, 9.17) is 5.73 Å². The fourth-order valence-electron chi connectivity index (χ4n) is 3.46. The quantitative estimate of drug-likeness (QED) is 0.744. The van der Waals surface area contributed by atoms with E-state index in [1.54, 1.807) is 0 Å². The van der Waals surface area contributed by atoms with Crippen LogP contribution in [0.25, 0.3) is 21.9 Å². The molecule has 5 heteroatoms. The minimum absolute atomic E-state index is 0.388. The maximum absolute atomic E-state index is 6.23. The number of fused-ring (bicyclic) bond motifs is 3. The number of rotatable bonds is 1. The zero-order chi connectivity index (χ0) is 14.4. The molecular weight excluding hydrogens is 262 g/mol. The zero-order valence-corrected chi connectivity index (χ0v) is 12.2. The molecule has 1 saturated heterocycles. The van der Waals surface area contributed by atoms with Gasteiger partial charge < -0.3 is 15.2 Å². The van der Waals surface area contributed by atoms with Gasteiger partial charge in [0.05, 0.1) is 17.2 Å². The SMILES string of the molecule is CN1CCCC(n2c(N)nc3cnc4ccccc4c32)C1. The maximum atomic E-state index is 6.23. The Balaban J connectivity index is 1.98. The van der Waals surface area contributed by atoms with Gasteiger partial charge in [0, 0.05) is 18.0 Å². The van der Waals surface area contributed by atoms with E-state index in [1.165, 1.54) is 6.42 Å². The molecule has 1 aliphatic heterocycles. The predicted molar refractivity (Wildman–Crippen MR) is 85.2 cm³/mol. The molecule has 0 aliphatic carbocycles. The Morgan fingerprint density at radius 1 is 1.24 bits per heavy atom. The molecule has 0 spiro atoms. The van der Waals surface area contributed by atoms with E-state index in [0.717, 1.165) is 41.4 Å². The molecule has 3 heterocycles. The molecule has 1 aliphatic rings. The second-order valence-electron chi connectivity index (χ2n) is 5.91. The molecule has 2 N–H and O–H groups in total. The lowest BCUT2D eigenvalue weighted by molar-refractivity contribution is 0.216. The van der Waals surface area contributed by atoms with Gasteiger partial charge in [-0.3, -0.25) is 4.98 Å².